The molecule has 0 amide bonds. The van der Waals surface area contributed by atoms with Crippen LogP contribution in [0.25, 0.3) is 0 Å². The fourth-order valence-corrected chi connectivity index (χ4v) is 3.68. The van der Waals surface area contributed by atoms with Crippen molar-refractivity contribution in [2.75, 3.05) is 7.05 Å². The van der Waals surface area contributed by atoms with E-state index in [0.29, 0.717) is 17.6 Å². The molecule has 3 rings (SSSR count). The van der Waals surface area contributed by atoms with E-state index in [0.717, 1.165) is 25.7 Å². The Balaban J connectivity index is 1.68. The van der Waals surface area contributed by atoms with Crippen molar-refractivity contribution in [3.63, 3.8) is 0 Å². The summed E-state index contributed by atoms with van der Waals surface area (Å²) in [7, 11) is 2.10. The van der Waals surface area contributed by atoms with Gasteiger partial charge >= 0.3 is 6.36 Å². The first kappa shape index (κ1) is 15.3. The van der Waals surface area contributed by atoms with Gasteiger partial charge in [0.15, 0.2) is 5.78 Å². The lowest BCUT2D eigenvalue weighted by atomic mass is 9.85. The maximum Gasteiger partial charge on any atom is 0.573 e. The Labute approximate surface area is 127 Å². The molecule has 0 aromatic heterocycles. The molecule has 0 spiro atoms. The van der Waals surface area contributed by atoms with E-state index in [-0.39, 0.29) is 17.5 Å². The third kappa shape index (κ3) is 3.11. The van der Waals surface area contributed by atoms with Crippen LogP contribution in [-0.4, -0.2) is 36.2 Å². The van der Waals surface area contributed by atoms with Gasteiger partial charge in [0, 0.05) is 23.6 Å². The fourth-order valence-electron chi connectivity index (χ4n) is 3.68. The van der Waals surface area contributed by atoms with Crippen LogP contribution in [0, 0.1) is 5.92 Å². The van der Waals surface area contributed by atoms with E-state index < -0.39 is 6.36 Å². The number of carbonyl (C=O) groups is 1. The molecule has 2 aliphatic heterocycles. The van der Waals surface area contributed by atoms with Crippen molar-refractivity contribution >= 4 is 5.78 Å². The molecule has 120 valence electrons. The monoisotopic (exact) mass is 313 g/mol. The van der Waals surface area contributed by atoms with E-state index in [1.165, 1.54) is 24.3 Å². The number of nitrogens with zero attached hydrogens (tertiary/aromatic N) is 1. The van der Waals surface area contributed by atoms with Gasteiger partial charge in [-0.1, -0.05) is 0 Å². The van der Waals surface area contributed by atoms with Crippen LogP contribution in [0.3, 0.4) is 0 Å². The number of halogens is 3. The largest absolute Gasteiger partial charge is 0.573 e. The van der Waals surface area contributed by atoms with Gasteiger partial charge in [-0.2, -0.15) is 0 Å². The Morgan fingerprint density at radius 1 is 1.14 bits per heavy atom. The van der Waals surface area contributed by atoms with Crippen LogP contribution in [0.15, 0.2) is 24.3 Å². The lowest BCUT2D eigenvalue weighted by Gasteiger charge is -2.35. The molecule has 2 atom stereocenters. The number of Topliss-reactive ketones (excluding diaryl/α,β-unsaturated/α-hetero) is 1. The third-order valence-corrected chi connectivity index (χ3v) is 4.84. The molecule has 6 heteroatoms. The summed E-state index contributed by atoms with van der Waals surface area (Å²) in [4.78, 5) is 14.9. The number of carbonyl (C=O) groups excluding carboxylic acids is 1. The zero-order valence-corrected chi connectivity index (χ0v) is 12.3. The van der Waals surface area contributed by atoms with Gasteiger partial charge in [-0.15, -0.1) is 13.2 Å². The summed E-state index contributed by atoms with van der Waals surface area (Å²) < 4.78 is 40.2. The second-order valence-electron chi connectivity index (χ2n) is 6.16. The molecular formula is C16H18F3NO2. The summed E-state index contributed by atoms with van der Waals surface area (Å²) in [5, 5.41) is 0. The highest BCUT2D eigenvalue weighted by Gasteiger charge is 2.41. The highest BCUT2D eigenvalue weighted by atomic mass is 19.4. The maximum atomic E-state index is 12.5. The lowest BCUT2D eigenvalue weighted by molar-refractivity contribution is -0.274. The van der Waals surface area contributed by atoms with Crippen LogP contribution < -0.4 is 4.74 Å². The molecule has 2 saturated heterocycles. The van der Waals surface area contributed by atoms with Gasteiger partial charge in [0.25, 0.3) is 0 Å². The first-order chi connectivity index (χ1) is 10.3. The van der Waals surface area contributed by atoms with Crippen molar-refractivity contribution in [3.8, 4) is 5.75 Å². The second kappa shape index (κ2) is 5.57. The predicted molar refractivity (Wildman–Crippen MR) is 74.8 cm³/mol. The van der Waals surface area contributed by atoms with Crippen LogP contribution in [0.2, 0.25) is 0 Å². The third-order valence-electron chi connectivity index (χ3n) is 4.84. The average Bonchev–Trinajstić information content (AvgIpc) is 2.67. The van der Waals surface area contributed by atoms with E-state index in [2.05, 4.69) is 16.7 Å². The zero-order valence-electron chi connectivity index (χ0n) is 12.3. The summed E-state index contributed by atoms with van der Waals surface area (Å²) in [5.41, 5.74) is 0.462. The molecule has 0 N–H and O–H groups in total. The quantitative estimate of drug-likeness (QED) is 0.798. The summed E-state index contributed by atoms with van der Waals surface area (Å²) in [6.07, 6.45) is -0.773. The number of benzene rings is 1. The average molecular weight is 313 g/mol. The molecule has 2 unspecified atom stereocenters. The normalized spacial score (nSPS) is 28.6. The van der Waals surface area contributed by atoms with Gasteiger partial charge in [-0.3, -0.25) is 4.79 Å². The molecular weight excluding hydrogens is 295 g/mol. The molecule has 22 heavy (non-hydrogen) atoms. The fraction of sp³-hybridized carbons (Fsp3) is 0.562. The van der Waals surface area contributed by atoms with Gasteiger partial charge in [-0.25, -0.2) is 0 Å². The highest BCUT2D eigenvalue weighted by Crippen LogP contribution is 2.38. The Hall–Kier alpha value is -1.56. The van der Waals surface area contributed by atoms with Gasteiger partial charge in [0.2, 0.25) is 0 Å². The lowest BCUT2D eigenvalue weighted by Crippen LogP contribution is -2.42. The maximum absolute atomic E-state index is 12.5. The van der Waals surface area contributed by atoms with Gasteiger partial charge in [0.1, 0.15) is 5.75 Å². The Bertz CT molecular complexity index is 542. The number of ether oxygens (including phenoxy) is 1. The Morgan fingerprint density at radius 2 is 1.68 bits per heavy atom. The number of piperidine rings is 1. The summed E-state index contributed by atoms with van der Waals surface area (Å²) in [6.45, 7) is 0. The first-order valence-electron chi connectivity index (χ1n) is 7.45. The van der Waals surface area contributed by atoms with Crippen molar-refractivity contribution in [2.45, 2.75) is 44.1 Å². The Morgan fingerprint density at radius 3 is 2.18 bits per heavy atom. The molecule has 0 radical (unpaired) electrons. The van der Waals surface area contributed by atoms with Gasteiger partial charge in [-0.05, 0) is 57.0 Å². The number of hydrogen-bond acceptors (Lipinski definition) is 3. The zero-order chi connectivity index (χ0) is 15.9. The van der Waals surface area contributed by atoms with Gasteiger partial charge < -0.3 is 9.64 Å². The van der Waals surface area contributed by atoms with E-state index in [9.17, 15) is 18.0 Å². The van der Waals surface area contributed by atoms with Gasteiger partial charge in [0.05, 0.1) is 0 Å². The summed E-state index contributed by atoms with van der Waals surface area (Å²) in [5.74, 6) is -0.292. The SMILES string of the molecule is CN1C2CCC1CC(C(=O)c1ccc(OC(F)(F)F)cc1)C2. The van der Waals surface area contributed by atoms with Crippen molar-refractivity contribution in [1.29, 1.82) is 0 Å². The number of hydrogen-bond donors (Lipinski definition) is 0. The van der Waals surface area contributed by atoms with Crippen LogP contribution >= 0.6 is 0 Å². The number of alkyl halides is 3. The molecule has 1 aromatic rings. The van der Waals surface area contributed by atoms with Crippen molar-refractivity contribution in [3.05, 3.63) is 29.8 Å². The molecule has 1 aromatic carbocycles. The topological polar surface area (TPSA) is 29.5 Å². The molecule has 0 aliphatic carbocycles. The van der Waals surface area contributed by atoms with E-state index in [1.54, 1.807) is 0 Å². The minimum absolute atomic E-state index is 0.0249. The standard InChI is InChI=1S/C16H18F3NO2/c1-20-12-4-5-13(20)9-11(8-12)15(21)10-2-6-14(7-3-10)22-16(17,18)19/h2-3,6-7,11-13H,4-5,8-9H2,1H3. The van der Waals surface area contributed by atoms with E-state index in [1.807, 2.05) is 0 Å². The van der Waals surface area contributed by atoms with Crippen LogP contribution in [0.5, 0.6) is 5.75 Å². The number of rotatable bonds is 3. The van der Waals surface area contributed by atoms with Crippen molar-refractivity contribution in [1.82, 2.24) is 4.90 Å². The number of ketones is 1. The first-order valence-corrected chi connectivity index (χ1v) is 7.45. The highest BCUT2D eigenvalue weighted by molar-refractivity contribution is 5.98. The molecule has 2 heterocycles. The van der Waals surface area contributed by atoms with Crippen LogP contribution in [0.1, 0.15) is 36.0 Å². The Kier molecular flexibility index (Phi) is 3.89. The second-order valence-corrected chi connectivity index (χ2v) is 6.16. The molecule has 2 bridgehead atoms. The molecule has 0 saturated carbocycles. The van der Waals surface area contributed by atoms with Crippen molar-refractivity contribution in [2.24, 2.45) is 5.92 Å². The van der Waals surface area contributed by atoms with Crippen LogP contribution in [-0.2, 0) is 0 Å². The predicted octanol–water partition coefficient (Wildman–Crippen LogP) is 3.64. The smallest absolute Gasteiger partial charge is 0.406 e. The minimum Gasteiger partial charge on any atom is -0.406 e. The molecule has 3 nitrogen and oxygen atoms in total. The molecule has 2 fully saturated rings. The number of fused-ring (bicyclic) bond motifs is 2. The van der Waals surface area contributed by atoms with Crippen molar-refractivity contribution < 1.29 is 22.7 Å². The summed E-state index contributed by atoms with van der Waals surface area (Å²) >= 11 is 0. The van der Waals surface area contributed by atoms with E-state index in [4.69, 9.17) is 0 Å². The minimum atomic E-state index is -4.71. The summed E-state index contributed by atoms with van der Waals surface area (Å²) in [6, 6.07) is 6.16. The van der Waals surface area contributed by atoms with Crippen LogP contribution in [0.4, 0.5) is 13.2 Å². The molecule has 2 aliphatic rings. The van der Waals surface area contributed by atoms with E-state index >= 15 is 0 Å².